The Hall–Kier alpha value is -2.92. The van der Waals surface area contributed by atoms with Gasteiger partial charge in [-0.05, 0) is 36.2 Å². The van der Waals surface area contributed by atoms with Crippen molar-refractivity contribution in [1.29, 1.82) is 0 Å². The van der Waals surface area contributed by atoms with Crippen molar-refractivity contribution in [2.45, 2.75) is 6.42 Å². The first kappa shape index (κ1) is 16.9. The monoisotopic (exact) mass is 353 g/mol. The molecule has 6 heteroatoms. The number of hydrogen-bond acceptors (Lipinski definition) is 3. The number of carbonyl (C=O) groups is 2. The highest BCUT2D eigenvalue weighted by Crippen LogP contribution is 2.20. The molecular weight excluding hydrogens is 338 g/mol. The summed E-state index contributed by atoms with van der Waals surface area (Å²) in [5.41, 5.74) is 2.19. The standard InChI is InChI=1S/C19H16ClN3O2/c20-15-8-6-13(7-9-15)10-12-22-18(24)19(25)23-16-5-1-3-14-4-2-11-21-17(14)16/h1-9,11H,10,12H2,(H,22,24)(H,23,25). The molecule has 0 aliphatic carbocycles. The third kappa shape index (κ3) is 4.33. The fourth-order valence-corrected chi connectivity index (χ4v) is 2.56. The van der Waals surface area contributed by atoms with Crippen molar-refractivity contribution in [2.75, 3.05) is 11.9 Å². The molecule has 2 aromatic carbocycles. The van der Waals surface area contributed by atoms with Crippen LogP contribution in [0.1, 0.15) is 5.56 Å². The zero-order valence-corrected chi connectivity index (χ0v) is 14.1. The number of para-hydroxylation sites is 1. The second-order valence-electron chi connectivity index (χ2n) is 5.47. The van der Waals surface area contributed by atoms with E-state index in [1.807, 2.05) is 30.3 Å². The lowest BCUT2D eigenvalue weighted by Gasteiger charge is -2.08. The van der Waals surface area contributed by atoms with Crippen LogP contribution in [0.15, 0.2) is 60.8 Å². The molecule has 2 amide bonds. The second kappa shape index (κ2) is 7.77. The van der Waals surface area contributed by atoms with Gasteiger partial charge >= 0.3 is 11.8 Å². The van der Waals surface area contributed by atoms with Gasteiger partial charge in [-0.25, -0.2) is 0 Å². The van der Waals surface area contributed by atoms with Gasteiger partial charge in [-0.1, -0.05) is 41.9 Å². The zero-order chi connectivity index (χ0) is 17.6. The summed E-state index contributed by atoms with van der Waals surface area (Å²) < 4.78 is 0. The minimum Gasteiger partial charge on any atom is -0.347 e. The lowest BCUT2D eigenvalue weighted by atomic mass is 10.1. The van der Waals surface area contributed by atoms with Crippen molar-refractivity contribution < 1.29 is 9.59 Å². The van der Waals surface area contributed by atoms with E-state index in [9.17, 15) is 9.59 Å². The third-order valence-corrected chi connectivity index (χ3v) is 3.95. The maximum Gasteiger partial charge on any atom is 0.313 e. The Labute approximate surface area is 150 Å². The van der Waals surface area contributed by atoms with Crippen molar-refractivity contribution in [1.82, 2.24) is 10.3 Å². The van der Waals surface area contributed by atoms with E-state index in [-0.39, 0.29) is 0 Å². The molecule has 5 nitrogen and oxygen atoms in total. The van der Waals surface area contributed by atoms with Crippen LogP contribution in [-0.4, -0.2) is 23.3 Å². The van der Waals surface area contributed by atoms with E-state index in [4.69, 9.17) is 11.6 Å². The van der Waals surface area contributed by atoms with Gasteiger partial charge in [-0.3, -0.25) is 14.6 Å². The van der Waals surface area contributed by atoms with Crippen molar-refractivity contribution >= 4 is 40.0 Å². The fraction of sp³-hybridized carbons (Fsp3) is 0.105. The van der Waals surface area contributed by atoms with Crippen LogP contribution in [0.3, 0.4) is 0 Å². The van der Waals surface area contributed by atoms with E-state index in [2.05, 4.69) is 15.6 Å². The van der Waals surface area contributed by atoms with Gasteiger partial charge in [0.25, 0.3) is 0 Å². The second-order valence-corrected chi connectivity index (χ2v) is 5.90. The summed E-state index contributed by atoms with van der Waals surface area (Å²) in [5.74, 6) is -1.39. The van der Waals surface area contributed by atoms with Gasteiger partial charge in [0.05, 0.1) is 11.2 Å². The first-order valence-electron chi connectivity index (χ1n) is 7.81. The lowest BCUT2D eigenvalue weighted by molar-refractivity contribution is -0.136. The number of amides is 2. The molecule has 0 atom stereocenters. The average Bonchev–Trinajstić information content (AvgIpc) is 2.63. The van der Waals surface area contributed by atoms with Gasteiger partial charge in [0.15, 0.2) is 0 Å². The Morgan fingerprint density at radius 2 is 1.72 bits per heavy atom. The molecule has 0 bridgehead atoms. The summed E-state index contributed by atoms with van der Waals surface area (Å²) in [5, 5.41) is 6.77. The number of halogens is 1. The predicted molar refractivity (Wildman–Crippen MR) is 98.5 cm³/mol. The minimum absolute atomic E-state index is 0.363. The van der Waals surface area contributed by atoms with E-state index < -0.39 is 11.8 Å². The van der Waals surface area contributed by atoms with Gasteiger partial charge in [0.1, 0.15) is 0 Å². The number of hydrogen-bond donors (Lipinski definition) is 2. The topological polar surface area (TPSA) is 71.1 Å². The maximum absolute atomic E-state index is 12.1. The number of anilines is 1. The highest BCUT2D eigenvalue weighted by atomic mass is 35.5. The molecule has 0 aliphatic rings. The Balaban J connectivity index is 1.57. The molecule has 0 fully saturated rings. The van der Waals surface area contributed by atoms with Crippen molar-refractivity contribution in [3.05, 3.63) is 71.4 Å². The van der Waals surface area contributed by atoms with Gasteiger partial charge < -0.3 is 10.6 Å². The maximum atomic E-state index is 12.1. The summed E-state index contributed by atoms with van der Waals surface area (Å²) in [4.78, 5) is 28.3. The SMILES string of the molecule is O=C(NCCc1ccc(Cl)cc1)C(=O)Nc1cccc2cccnc12. The number of aromatic nitrogens is 1. The van der Waals surface area contributed by atoms with Crippen molar-refractivity contribution in [2.24, 2.45) is 0 Å². The van der Waals surface area contributed by atoms with Crippen LogP contribution >= 0.6 is 11.6 Å². The van der Waals surface area contributed by atoms with Crippen LogP contribution in [-0.2, 0) is 16.0 Å². The predicted octanol–water partition coefficient (Wildman–Crippen LogP) is 3.19. The fourth-order valence-electron chi connectivity index (χ4n) is 2.44. The third-order valence-electron chi connectivity index (χ3n) is 3.70. The molecule has 1 heterocycles. The Bertz CT molecular complexity index is 905. The molecule has 0 saturated carbocycles. The average molecular weight is 354 g/mol. The Kier molecular flexibility index (Phi) is 5.26. The normalized spacial score (nSPS) is 10.4. The van der Waals surface area contributed by atoms with E-state index in [0.29, 0.717) is 29.2 Å². The summed E-state index contributed by atoms with van der Waals surface area (Å²) in [6, 6.07) is 16.5. The summed E-state index contributed by atoms with van der Waals surface area (Å²) >= 11 is 5.83. The smallest absolute Gasteiger partial charge is 0.313 e. The quantitative estimate of drug-likeness (QED) is 0.708. The van der Waals surface area contributed by atoms with Crippen LogP contribution < -0.4 is 10.6 Å². The van der Waals surface area contributed by atoms with Crippen LogP contribution in [0, 0.1) is 0 Å². The zero-order valence-electron chi connectivity index (χ0n) is 13.3. The van der Waals surface area contributed by atoms with E-state index in [1.165, 1.54) is 0 Å². The summed E-state index contributed by atoms with van der Waals surface area (Å²) in [6.45, 7) is 0.363. The van der Waals surface area contributed by atoms with Gasteiger partial charge in [0.2, 0.25) is 0 Å². The van der Waals surface area contributed by atoms with Crippen LogP contribution in [0.4, 0.5) is 5.69 Å². The molecule has 0 saturated heterocycles. The number of fused-ring (bicyclic) bond motifs is 1. The molecule has 0 radical (unpaired) electrons. The van der Waals surface area contributed by atoms with E-state index >= 15 is 0 Å². The molecule has 0 aliphatic heterocycles. The molecule has 25 heavy (non-hydrogen) atoms. The summed E-state index contributed by atoms with van der Waals surface area (Å²) in [7, 11) is 0. The molecular formula is C19H16ClN3O2. The van der Waals surface area contributed by atoms with Crippen molar-refractivity contribution in [3.8, 4) is 0 Å². The highest BCUT2D eigenvalue weighted by Gasteiger charge is 2.14. The number of nitrogens with one attached hydrogen (secondary N) is 2. The first-order chi connectivity index (χ1) is 12.1. The Morgan fingerprint density at radius 3 is 2.52 bits per heavy atom. The minimum atomic E-state index is -0.714. The molecule has 3 rings (SSSR count). The van der Waals surface area contributed by atoms with E-state index in [1.54, 1.807) is 30.5 Å². The van der Waals surface area contributed by atoms with E-state index in [0.717, 1.165) is 10.9 Å². The van der Waals surface area contributed by atoms with Crippen LogP contribution in [0.2, 0.25) is 5.02 Å². The molecule has 0 unspecified atom stereocenters. The number of benzene rings is 2. The highest BCUT2D eigenvalue weighted by molar-refractivity contribution is 6.40. The molecule has 1 aromatic heterocycles. The molecule has 126 valence electrons. The molecule has 0 spiro atoms. The molecule has 2 N–H and O–H groups in total. The Morgan fingerprint density at radius 1 is 0.960 bits per heavy atom. The molecule has 3 aromatic rings. The number of carbonyl (C=O) groups excluding carboxylic acids is 2. The van der Waals surface area contributed by atoms with Crippen LogP contribution in [0.5, 0.6) is 0 Å². The van der Waals surface area contributed by atoms with Gasteiger partial charge in [0, 0.05) is 23.2 Å². The largest absolute Gasteiger partial charge is 0.347 e. The van der Waals surface area contributed by atoms with Gasteiger partial charge in [-0.2, -0.15) is 0 Å². The lowest BCUT2D eigenvalue weighted by Crippen LogP contribution is -2.36. The van der Waals surface area contributed by atoms with Gasteiger partial charge in [-0.15, -0.1) is 0 Å². The number of rotatable bonds is 4. The van der Waals surface area contributed by atoms with Crippen molar-refractivity contribution in [3.63, 3.8) is 0 Å². The number of pyridine rings is 1. The van der Waals surface area contributed by atoms with Crippen LogP contribution in [0.25, 0.3) is 10.9 Å². The summed E-state index contributed by atoms with van der Waals surface area (Å²) in [6.07, 6.45) is 2.26. The number of nitrogens with zero attached hydrogens (tertiary/aromatic N) is 1. The first-order valence-corrected chi connectivity index (χ1v) is 8.18.